The third-order valence-electron chi connectivity index (χ3n) is 5.20. The first kappa shape index (κ1) is 21.6. The summed E-state index contributed by atoms with van der Waals surface area (Å²) in [6.07, 6.45) is 4.71. The Bertz CT molecular complexity index is 932. The van der Waals surface area contributed by atoms with E-state index in [4.69, 9.17) is 4.74 Å². The average Bonchev–Trinajstić information content (AvgIpc) is 2.73. The minimum absolute atomic E-state index is 0.0517. The van der Waals surface area contributed by atoms with E-state index in [2.05, 4.69) is 38.2 Å². The number of ether oxygens (including phenoxy) is 1. The number of nitrogens with one attached hydrogen (secondary N) is 1. The quantitative estimate of drug-likeness (QED) is 0.629. The topological polar surface area (TPSA) is 58.6 Å². The molecule has 5 nitrogen and oxygen atoms in total. The highest BCUT2D eigenvalue weighted by Crippen LogP contribution is 2.36. The molecule has 1 aliphatic rings. The van der Waals surface area contributed by atoms with Gasteiger partial charge in [0.1, 0.15) is 5.75 Å². The van der Waals surface area contributed by atoms with Crippen molar-refractivity contribution in [2.45, 2.75) is 52.6 Å². The summed E-state index contributed by atoms with van der Waals surface area (Å²) in [6, 6.07) is 13.6. The van der Waals surface area contributed by atoms with Gasteiger partial charge in [-0.2, -0.15) is 0 Å². The van der Waals surface area contributed by atoms with E-state index >= 15 is 0 Å². The Kier molecular flexibility index (Phi) is 6.93. The molecule has 1 N–H and O–H groups in total. The standard InChI is InChI=1S/C25H30N2O3/c1-5-6-15-27-22-16-21(12-13-23(22)30-18(4)25(27)29)26-24(28)14-9-19-7-10-20(11-8-19)17(2)3/h7-14,16-18H,5-6,15H2,1-4H3,(H,26,28)/b14-9+. The molecule has 3 rings (SSSR count). The summed E-state index contributed by atoms with van der Waals surface area (Å²) < 4.78 is 5.73. The molecule has 1 aliphatic heterocycles. The summed E-state index contributed by atoms with van der Waals surface area (Å²) >= 11 is 0. The normalized spacial score (nSPS) is 16.0. The molecule has 0 spiro atoms. The molecule has 0 aliphatic carbocycles. The Morgan fingerprint density at radius 2 is 1.93 bits per heavy atom. The Hall–Kier alpha value is -3.08. The van der Waals surface area contributed by atoms with Crippen LogP contribution in [0.3, 0.4) is 0 Å². The smallest absolute Gasteiger partial charge is 0.267 e. The number of fused-ring (bicyclic) bond motifs is 1. The zero-order valence-electron chi connectivity index (χ0n) is 18.1. The predicted octanol–water partition coefficient (Wildman–Crippen LogP) is 5.38. The Morgan fingerprint density at radius 3 is 2.60 bits per heavy atom. The molecule has 1 atom stereocenters. The number of hydrogen-bond donors (Lipinski definition) is 1. The van der Waals surface area contributed by atoms with Gasteiger partial charge in [-0.05, 0) is 54.7 Å². The Morgan fingerprint density at radius 1 is 1.20 bits per heavy atom. The van der Waals surface area contributed by atoms with E-state index in [9.17, 15) is 9.59 Å². The number of carbonyl (C=O) groups is 2. The van der Waals surface area contributed by atoms with E-state index in [1.165, 1.54) is 11.6 Å². The van der Waals surface area contributed by atoms with Gasteiger partial charge in [-0.3, -0.25) is 9.59 Å². The molecule has 0 radical (unpaired) electrons. The highest BCUT2D eigenvalue weighted by Gasteiger charge is 2.31. The van der Waals surface area contributed by atoms with E-state index in [1.807, 2.05) is 12.1 Å². The lowest BCUT2D eigenvalue weighted by Crippen LogP contribution is -2.44. The van der Waals surface area contributed by atoms with Gasteiger partial charge in [-0.25, -0.2) is 0 Å². The Labute approximate surface area is 178 Å². The SMILES string of the molecule is CCCCN1C(=O)C(C)Oc2ccc(NC(=O)/C=C/c3ccc(C(C)C)cc3)cc21. The number of nitrogens with zero attached hydrogens (tertiary/aromatic N) is 1. The van der Waals surface area contributed by atoms with E-state index < -0.39 is 6.10 Å². The van der Waals surface area contributed by atoms with Gasteiger partial charge in [0.25, 0.3) is 5.91 Å². The third kappa shape index (κ3) is 5.09. The predicted molar refractivity (Wildman–Crippen MR) is 122 cm³/mol. The minimum Gasteiger partial charge on any atom is -0.479 e. The molecule has 0 fully saturated rings. The number of rotatable bonds is 7. The minimum atomic E-state index is -0.500. The highest BCUT2D eigenvalue weighted by molar-refractivity contribution is 6.04. The first-order valence-electron chi connectivity index (χ1n) is 10.6. The second-order valence-corrected chi connectivity index (χ2v) is 7.93. The molecule has 1 heterocycles. The van der Waals surface area contributed by atoms with Crippen molar-refractivity contribution in [3.63, 3.8) is 0 Å². The number of anilines is 2. The van der Waals surface area contributed by atoms with Crippen molar-refractivity contribution in [1.82, 2.24) is 0 Å². The molecular weight excluding hydrogens is 376 g/mol. The summed E-state index contributed by atoms with van der Waals surface area (Å²) in [5.41, 5.74) is 3.58. The second-order valence-electron chi connectivity index (χ2n) is 7.93. The van der Waals surface area contributed by atoms with Gasteiger partial charge in [0.15, 0.2) is 6.10 Å². The summed E-state index contributed by atoms with van der Waals surface area (Å²) in [7, 11) is 0. The molecule has 0 saturated carbocycles. The maximum atomic E-state index is 12.6. The van der Waals surface area contributed by atoms with Gasteiger partial charge in [0, 0.05) is 18.3 Å². The summed E-state index contributed by atoms with van der Waals surface area (Å²) in [6.45, 7) is 8.80. The van der Waals surface area contributed by atoms with Crippen molar-refractivity contribution in [3.8, 4) is 5.75 Å². The molecule has 1 unspecified atom stereocenters. The van der Waals surface area contributed by atoms with Crippen molar-refractivity contribution in [2.75, 3.05) is 16.8 Å². The molecule has 0 saturated heterocycles. The molecule has 2 aromatic carbocycles. The second kappa shape index (κ2) is 9.61. The maximum Gasteiger partial charge on any atom is 0.267 e. The summed E-state index contributed by atoms with van der Waals surface area (Å²) in [4.78, 5) is 26.7. The number of amides is 2. The number of benzene rings is 2. The fourth-order valence-corrected chi connectivity index (χ4v) is 3.38. The first-order chi connectivity index (χ1) is 14.4. The van der Waals surface area contributed by atoms with Gasteiger partial charge >= 0.3 is 0 Å². The van der Waals surface area contributed by atoms with Crippen LogP contribution in [-0.4, -0.2) is 24.5 Å². The monoisotopic (exact) mass is 406 g/mol. The van der Waals surface area contributed by atoms with Crippen LogP contribution < -0.4 is 15.0 Å². The van der Waals surface area contributed by atoms with Crippen LogP contribution >= 0.6 is 0 Å². The molecule has 30 heavy (non-hydrogen) atoms. The van der Waals surface area contributed by atoms with Crippen molar-refractivity contribution >= 4 is 29.3 Å². The van der Waals surface area contributed by atoms with Crippen LogP contribution in [0.15, 0.2) is 48.5 Å². The molecule has 0 aromatic heterocycles. The number of carbonyl (C=O) groups excluding carboxylic acids is 2. The van der Waals surface area contributed by atoms with E-state index in [-0.39, 0.29) is 11.8 Å². The van der Waals surface area contributed by atoms with Crippen LogP contribution in [-0.2, 0) is 9.59 Å². The number of unbranched alkanes of at least 4 members (excludes halogenated alkanes) is 1. The molecule has 5 heteroatoms. The van der Waals surface area contributed by atoms with E-state index in [1.54, 1.807) is 36.1 Å². The van der Waals surface area contributed by atoms with Gasteiger partial charge in [0.05, 0.1) is 5.69 Å². The third-order valence-corrected chi connectivity index (χ3v) is 5.20. The summed E-state index contributed by atoms with van der Waals surface area (Å²) in [5.74, 6) is 0.867. The van der Waals surface area contributed by atoms with Crippen molar-refractivity contribution in [1.29, 1.82) is 0 Å². The van der Waals surface area contributed by atoms with Gasteiger partial charge in [0.2, 0.25) is 5.91 Å². The lowest BCUT2D eigenvalue weighted by atomic mass is 10.0. The maximum absolute atomic E-state index is 12.6. The van der Waals surface area contributed by atoms with Crippen LogP contribution in [0.25, 0.3) is 6.08 Å². The molecular formula is C25H30N2O3. The molecule has 2 aromatic rings. The molecule has 2 amide bonds. The van der Waals surface area contributed by atoms with Gasteiger partial charge in [-0.1, -0.05) is 51.5 Å². The Balaban J connectivity index is 1.71. The molecule has 158 valence electrons. The van der Waals surface area contributed by atoms with E-state index in [0.717, 1.165) is 18.4 Å². The van der Waals surface area contributed by atoms with Gasteiger partial charge < -0.3 is 15.0 Å². The zero-order valence-corrected chi connectivity index (χ0v) is 18.1. The van der Waals surface area contributed by atoms with Crippen LogP contribution in [0.5, 0.6) is 5.75 Å². The van der Waals surface area contributed by atoms with Crippen LogP contribution in [0, 0.1) is 0 Å². The summed E-state index contributed by atoms with van der Waals surface area (Å²) in [5, 5.41) is 2.88. The number of hydrogen-bond acceptors (Lipinski definition) is 3. The lowest BCUT2D eigenvalue weighted by molar-refractivity contribution is -0.125. The van der Waals surface area contributed by atoms with Crippen LogP contribution in [0.2, 0.25) is 0 Å². The molecule has 0 bridgehead atoms. The average molecular weight is 407 g/mol. The fourth-order valence-electron chi connectivity index (χ4n) is 3.38. The lowest BCUT2D eigenvalue weighted by Gasteiger charge is -2.33. The largest absolute Gasteiger partial charge is 0.479 e. The van der Waals surface area contributed by atoms with Crippen molar-refractivity contribution in [3.05, 3.63) is 59.7 Å². The zero-order chi connectivity index (χ0) is 21.7. The van der Waals surface area contributed by atoms with Crippen molar-refractivity contribution < 1.29 is 14.3 Å². The van der Waals surface area contributed by atoms with Gasteiger partial charge in [-0.15, -0.1) is 0 Å². The van der Waals surface area contributed by atoms with E-state index in [0.29, 0.717) is 29.6 Å². The van der Waals surface area contributed by atoms with Crippen molar-refractivity contribution in [2.24, 2.45) is 0 Å². The van der Waals surface area contributed by atoms with Crippen LogP contribution in [0.4, 0.5) is 11.4 Å². The highest BCUT2D eigenvalue weighted by atomic mass is 16.5. The fraction of sp³-hybridized carbons (Fsp3) is 0.360. The van der Waals surface area contributed by atoms with Crippen LogP contribution in [0.1, 0.15) is 57.6 Å². The first-order valence-corrected chi connectivity index (χ1v) is 10.6.